The highest BCUT2D eigenvalue weighted by Crippen LogP contribution is 2.31. The number of piperidine rings is 1. The molecule has 144 valence electrons. The molecular formula is C19H31N5O2. The Bertz CT molecular complexity index is 721. The smallest absolute Gasteiger partial charge is 0.254 e. The number of carbonyl (C=O) groups is 1. The Kier molecular flexibility index (Phi) is 5.48. The van der Waals surface area contributed by atoms with Crippen molar-refractivity contribution in [1.29, 1.82) is 0 Å². The van der Waals surface area contributed by atoms with Gasteiger partial charge in [-0.2, -0.15) is 0 Å². The number of nitrogens with one attached hydrogen (secondary N) is 1. The third-order valence-electron chi connectivity index (χ3n) is 6.17. The van der Waals surface area contributed by atoms with E-state index in [0.29, 0.717) is 23.5 Å². The molecule has 3 heterocycles. The van der Waals surface area contributed by atoms with E-state index in [-0.39, 0.29) is 23.4 Å². The van der Waals surface area contributed by atoms with Crippen LogP contribution in [0.3, 0.4) is 0 Å². The number of aryl methyl sites for hydroxylation is 2. The van der Waals surface area contributed by atoms with Crippen LogP contribution in [0.25, 0.3) is 0 Å². The highest BCUT2D eigenvalue weighted by atomic mass is 16.2. The lowest BCUT2D eigenvalue weighted by molar-refractivity contribution is -0.134. The van der Waals surface area contributed by atoms with Crippen molar-refractivity contribution < 1.29 is 4.79 Å². The van der Waals surface area contributed by atoms with Gasteiger partial charge in [-0.05, 0) is 33.9 Å². The van der Waals surface area contributed by atoms with E-state index in [1.807, 2.05) is 18.7 Å². The number of likely N-dealkylation sites (tertiary alicyclic amines) is 1. The molecule has 3 rings (SSSR count). The molecule has 7 heteroatoms. The second-order valence-corrected chi connectivity index (χ2v) is 7.87. The fraction of sp³-hybridized carbons (Fsp3) is 0.737. The molecule has 0 atom stereocenters. The number of nitrogens with zero attached hydrogens (tertiary/aromatic N) is 4. The molecule has 0 unspecified atom stereocenters. The average molecular weight is 361 g/mol. The van der Waals surface area contributed by atoms with Crippen LogP contribution in [0.4, 0.5) is 0 Å². The topological polar surface area (TPSA) is 72.5 Å². The number of aromatic nitrogens is 2. The number of hydrogen-bond donors (Lipinski definition) is 1. The average Bonchev–Trinajstić information content (AvgIpc) is 2.62. The van der Waals surface area contributed by atoms with Crippen LogP contribution >= 0.6 is 0 Å². The van der Waals surface area contributed by atoms with Gasteiger partial charge < -0.3 is 14.8 Å². The Morgan fingerprint density at radius 1 is 1.19 bits per heavy atom. The molecule has 0 aliphatic carbocycles. The Balaban J connectivity index is 1.65. The minimum absolute atomic E-state index is 0.0336. The van der Waals surface area contributed by atoms with Gasteiger partial charge in [0, 0.05) is 55.9 Å². The van der Waals surface area contributed by atoms with E-state index in [1.54, 1.807) is 0 Å². The molecule has 1 aromatic heterocycles. The first kappa shape index (κ1) is 19.0. The molecule has 1 spiro atoms. The van der Waals surface area contributed by atoms with Crippen molar-refractivity contribution >= 4 is 5.91 Å². The molecule has 1 amide bonds. The van der Waals surface area contributed by atoms with Gasteiger partial charge in [0.25, 0.3) is 5.56 Å². The van der Waals surface area contributed by atoms with Crippen molar-refractivity contribution in [3.05, 3.63) is 27.4 Å². The van der Waals surface area contributed by atoms with Crippen LogP contribution in [0.15, 0.2) is 4.79 Å². The molecule has 0 radical (unpaired) electrons. The maximum atomic E-state index is 12.8. The Morgan fingerprint density at radius 3 is 2.50 bits per heavy atom. The van der Waals surface area contributed by atoms with E-state index in [1.165, 1.54) is 0 Å². The summed E-state index contributed by atoms with van der Waals surface area (Å²) in [6.45, 7) is 8.52. The second kappa shape index (κ2) is 7.48. The van der Waals surface area contributed by atoms with Crippen molar-refractivity contribution in [2.45, 2.75) is 45.1 Å². The van der Waals surface area contributed by atoms with Crippen LogP contribution in [0, 0.1) is 6.92 Å². The summed E-state index contributed by atoms with van der Waals surface area (Å²) in [4.78, 5) is 39.0. The SMILES string of the molecule is CCc1nc(C)c(CC(=O)N2CCC3(CC2)CN(C)CCN3C)c(=O)[nH]1. The predicted molar refractivity (Wildman–Crippen MR) is 101 cm³/mol. The third-order valence-corrected chi connectivity index (χ3v) is 6.17. The first-order chi connectivity index (χ1) is 12.3. The van der Waals surface area contributed by atoms with Gasteiger partial charge in [-0.25, -0.2) is 4.98 Å². The van der Waals surface area contributed by atoms with E-state index >= 15 is 0 Å². The number of carbonyl (C=O) groups excluding carboxylic acids is 1. The highest BCUT2D eigenvalue weighted by molar-refractivity contribution is 5.79. The quantitative estimate of drug-likeness (QED) is 0.845. The van der Waals surface area contributed by atoms with Gasteiger partial charge in [0.15, 0.2) is 0 Å². The van der Waals surface area contributed by atoms with Crippen molar-refractivity contribution in [3.8, 4) is 0 Å². The van der Waals surface area contributed by atoms with Gasteiger partial charge in [0.1, 0.15) is 5.82 Å². The normalized spacial score (nSPS) is 21.3. The molecule has 7 nitrogen and oxygen atoms in total. The van der Waals surface area contributed by atoms with E-state index in [9.17, 15) is 9.59 Å². The van der Waals surface area contributed by atoms with E-state index < -0.39 is 0 Å². The van der Waals surface area contributed by atoms with Gasteiger partial charge in [-0.1, -0.05) is 6.92 Å². The zero-order valence-corrected chi connectivity index (χ0v) is 16.5. The van der Waals surface area contributed by atoms with E-state index in [0.717, 1.165) is 45.6 Å². The molecular weight excluding hydrogens is 330 g/mol. The van der Waals surface area contributed by atoms with Crippen molar-refractivity contribution in [2.75, 3.05) is 46.8 Å². The summed E-state index contributed by atoms with van der Waals surface area (Å²) in [5, 5.41) is 0. The number of H-pyrrole nitrogens is 1. The Labute approximate surface area is 155 Å². The van der Waals surface area contributed by atoms with Gasteiger partial charge in [-0.3, -0.25) is 14.5 Å². The van der Waals surface area contributed by atoms with Crippen LogP contribution in [0.5, 0.6) is 0 Å². The molecule has 2 saturated heterocycles. The van der Waals surface area contributed by atoms with Crippen molar-refractivity contribution in [1.82, 2.24) is 24.7 Å². The largest absolute Gasteiger partial charge is 0.342 e. The first-order valence-electron chi connectivity index (χ1n) is 9.61. The number of amides is 1. The zero-order valence-electron chi connectivity index (χ0n) is 16.5. The van der Waals surface area contributed by atoms with Crippen LogP contribution < -0.4 is 5.56 Å². The molecule has 0 bridgehead atoms. The summed E-state index contributed by atoms with van der Waals surface area (Å²) >= 11 is 0. The predicted octanol–water partition coefficient (Wildman–Crippen LogP) is 0.422. The fourth-order valence-electron chi connectivity index (χ4n) is 4.28. The molecule has 2 aliphatic rings. The number of aromatic amines is 1. The van der Waals surface area contributed by atoms with Crippen LogP contribution in [-0.4, -0.2) is 82.9 Å². The fourth-order valence-corrected chi connectivity index (χ4v) is 4.28. The molecule has 0 saturated carbocycles. The van der Waals surface area contributed by atoms with Crippen LogP contribution in [0.1, 0.15) is 36.8 Å². The monoisotopic (exact) mass is 361 g/mol. The van der Waals surface area contributed by atoms with Crippen LogP contribution in [-0.2, 0) is 17.6 Å². The lowest BCUT2D eigenvalue weighted by atomic mass is 9.83. The van der Waals surface area contributed by atoms with E-state index in [4.69, 9.17) is 0 Å². The van der Waals surface area contributed by atoms with Gasteiger partial charge in [-0.15, -0.1) is 0 Å². The summed E-state index contributed by atoms with van der Waals surface area (Å²) in [6, 6.07) is 0. The maximum absolute atomic E-state index is 12.8. The molecule has 26 heavy (non-hydrogen) atoms. The van der Waals surface area contributed by atoms with Gasteiger partial charge >= 0.3 is 0 Å². The summed E-state index contributed by atoms with van der Waals surface area (Å²) in [5.74, 6) is 0.708. The van der Waals surface area contributed by atoms with Gasteiger partial charge in [0.05, 0.1) is 6.42 Å². The van der Waals surface area contributed by atoms with Crippen molar-refractivity contribution in [2.24, 2.45) is 0 Å². The Morgan fingerprint density at radius 2 is 1.88 bits per heavy atom. The summed E-state index contributed by atoms with van der Waals surface area (Å²) in [6.07, 6.45) is 2.80. The lowest BCUT2D eigenvalue weighted by Gasteiger charge is -2.52. The number of rotatable bonds is 3. The number of likely N-dealkylation sites (N-methyl/N-ethyl adjacent to an activating group) is 2. The highest BCUT2D eigenvalue weighted by Gasteiger charge is 2.42. The molecule has 2 fully saturated rings. The molecule has 1 aromatic rings. The number of hydrogen-bond acceptors (Lipinski definition) is 5. The molecule has 1 N–H and O–H groups in total. The Hall–Kier alpha value is -1.73. The zero-order chi connectivity index (χ0) is 18.9. The second-order valence-electron chi connectivity index (χ2n) is 7.87. The molecule has 0 aromatic carbocycles. The standard InChI is InChI=1S/C19H31N5O2/c1-5-16-20-14(2)15(18(26)21-16)12-17(25)24-8-6-19(7-9-24)13-22(3)10-11-23(19)4/h5-13H2,1-4H3,(H,20,21,26). The first-order valence-corrected chi connectivity index (χ1v) is 9.61. The maximum Gasteiger partial charge on any atom is 0.254 e. The molecule has 2 aliphatic heterocycles. The summed E-state index contributed by atoms with van der Waals surface area (Å²) < 4.78 is 0. The van der Waals surface area contributed by atoms with Gasteiger partial charge in [0.2, 0.25) is 5.91 Å². The minimum atomic E-state index is -0.176. The lowest BCUT2D eigenvalue weighted by Crippen LogP contribution is -2.64. The van der Waals surface area contributed by atoms with E-state index in [2.05, 4.69) is 33.9 Å². The van der Waals surface area contributed by atoms with Crippen LogP contribution in [0.2, 0.25) is 0 Å². The summed E-state index contributed by atoms with van der Waals surface area (Å²) in [5.41, 5.74) is 1.18. The minimum Gasteiger partial charge on any atom is -0.342 e. The third kappa shape index (κ3) is 3.69. The number of piperazine rings is 1. The van der Waals surface area contributed by atoms with Crippen molar-refractivity contribution in [3.63, 3.8) is 0 Å². The summed E-state index contributed by atoms with van der Waals surface area (Å²) in [7, 11) is 4.38.